The number of fused-ring (bicyclic) bond motifs is 11. The lowest BCUT2D eigenvalue weighted by Crippen LogP contribution is -2.15. The fraction of sp³-hybridized carbons (Fsp3) is 0.0244. The van der Waals surface area contributed by atoms with Gasteiger partial charge in [-0.3, -0.25) is 0 Å². The topological polar surface area (TPSA) is 0 Å². The van der Waals surface area contributed by atoms with Gasteiger partial charge in [-0.25, -0.2) is 0 Å². The van der Waals surface area contributed by atoms with Crippen molar-refractivity contribution < 1.29 is 0 Å². The van der Waals surface area contributed by atoms with Gasteiger partial charge in [-0.05, 0) is 139 Å². The number of benzene rings is 8. The first-order valence-corrected chi connectivity index (χ1v) is 14.6. The molecule has 0 saturated heterocycles. The average molecular weight is 515 g/mol. The third-order valence-corrected chi connectivity index (χ3v) is 10.1. The van der Waals surface area contributed by atoms with Crippen LogP contribution in [0.3, 0.4) is 0 Å². The van der Waals surface area contributed by atoms with Crippen LogP contribution in [0.2, 0.25) is 0 Å². The summed E-state index contributed by atoms with van der Waals surface area (Å²) in [5.41, 5.74) is 4.22. The summed E-state index contributed by atoms with van der Waals surface area (Å²) in [4.78, 5) is 0. The van der Waals surface area contributed by atoms with Gasteiger partial charge in [0.15, 0.2) is 0 Å². The highest BCUT2D eigenvalue weighted by atomic mass is 14.2. The van der Waals surface area contributed by atoms with Gasteiger partial charge in [-0.1, -0.05) is 97.1 Å². The van der Waals surface area contributed by atoms with Gasteiger partial charge < -0.3 is 0 Å². The van der Waals surface area contributed by atoms with Gasteiger partial charge in [0.2, 0.25) is 0 Å². The standard InChI is InChI=1S/C41H22/c1-2-6-24-18-33-25(17-23(24)5-1)11-13-27-30-15-16-32-38-21-36-29-10-4-8-22-7-3-9-28(39(22)29)35(36)20-37(38)31-14-12-26(19-34(27)33)40(30)41(31)32/h1-17,19-21H,18H2. The van der Waals surface area contributed by atoms with Gasteiger partial charge in [-0.15, -0.1) is 0 Å². The Morgan fingerprint density at radius 1 is 0.366 bits per heavy atom. The first-order valence-electron chi connectivity index (χ1n) is 14.6. The van der Waals surface area contributed by atoms with E-state index >= 15 is 0 Å². The van der Waals surface area contributed by atoms with Crippen LogP contribution in [0.5, 0.6) is 0 Å². The van der Waals surface area contributed by atoms with Crippen molar-refractivity contribution in [2.24, 2.45) is 0 Å². The molecule has 41 heavy (non-hydrogen) atoms. The molecule has 0 heterocycles. The fourth-order valence-electron chi connectivity index (χ4n) is 8.36. The lowest BCUT2D eigenvalue weighted by Gasteiger charge is -2.18. The lowest BCUT2D eigenvalue weighted by molar-refractivity contribution is 1.16. The molecule has 0 fully saturated rings. The number of rotatable bonds is 0. The molecule has 0 nitrogen and oxygen atoms in total. The second-order valence-corrected chi connectivity index (χ2v) is 12.0. The van der Waals surface area contributed by atoms with Crippen molar-refractivity contribution in [1.82, 2.24) is 0 Å². The summed E-state index contributed by atoms with van der Waals surface area (Å²) in [5, 5.41) is 23.3. The van der Waals surface area contributed by atoms with E-state index in [0.29, 0.717) is 0 Å². The molecule has 186 valence electrons. The summed E-state index contributed by atoms with van der Waals surface area (Å²) < 4.78 is 0. The molecule has 0 amide bonds. The van der Waals surface area contributed by atoms with Crippen LogP contribution in [0.4, 0.5) is 0 Å². The molecule has 0 heteroatoms. The van der Waals surface area contributed by atoms with Crippen LogP contribution < -0.4 is 5.22 Å². The van der Waals surface area contributed by atoms with Gasteiger partial charge >= 0.3 is 0 Å². The molecular weight excluding hydrogens is 492 g/mol. The maximum Gasteiger partial charge on any atom is -0.000771 e. The Morgan fingerprint density at radius 3 is 1.76 bits per heavy atom. The van der Waals surface area contributed by atoms with E-state index in [2.05, 4.69) is 121 Å². The van der Waals surface area contributed by atoms with E-state index in [4.69, 9.17) is 0 Å². The minimum absolute atomic E-state index is 0.988. The molecule has 10 aromatic rings. The zero-order chi connectivity index (χ0) is 26.4. The Bertz CT molecular complexity index is 2730. The van der Waals surface area contributed by atoms with Crippen LogP contribution >= 0.6 is 0 Å². The summed E-state index contributed by atoms with van der Waals surface area (Å²) in [6.45, 7) is 0. The molecule has 0 atom stereocenters. The van der Waals surface area contributed by atoms with E-state index in [1.54, 1.807) is 0 Å². The Hall–Kier alpha value is -5.20. The van der Waals surface area contributed by atoms with E-state index in [9.17, 15) is 0 Å². The minimum Gasteiger partial charge on any atom is -0.0619 e. The molecule has 11 rings (SSSR count). The molecule has 1 aliphatic rings. The van der Waals surface area contributed by atoms with Crippen molar-refractivity contribution in [3.05, 3.63) is 137 Å². The predicted molar refractivity (Wildman–Crippen MR) is 177 cm³/mol. The van der Waals surface area contributed by atoms with Gasteiger partial charge in [-0.2, -0.15) is 0 Å². The van der Waals surface area contributed by atoms with Crippen molar-refractivity contribution in [1.29, 1.82) is 0 Å². The predicted octanol–water partition coefficient (Wildman–Crippen LogP) is 10.2. The van der Waals surface area contributed by atoms with Gasteiger partial charge in [0, 0.05) is 0 Å². The van der Waals surface area contributed by atoms with E-state index < -0.39 is 0 Å². The summed E-state index contributed by atoms with van der Waals surface area (Å²) >= 11 is 0. The number of hydrogen-bond acceptors (Lipinski definition) is 0. The second-order valence-electron chi connectivity index (χ2n) is 12.0. The third kappa shape index (κ3) is 2.40. The zero-order valence-corrected chi connectivity index (χ0v) is 22.3. The van der Waals surface area contributed by atoms with Gasteiger partial charge in [0.1, 0.15) is 0 Å². The minimum atomic E-state index is 0.988. The smallest absolute Gasteiger partial charge is 0.000771 e. The molecule has 10 aromatic carbocycles. The zero-order valence-electron chi connectivity index (χ0n) is 22.3. The molecule has 0 radical (unpaired) electrons. The van der Waals surface area contributed by atoms with Gasteiger partial charge in [0.05, 0.1) is 0 Å². The van der Waals surface area contributed by atoms with Crippen LogP contribution in [0, 0.1) is 0 Å². The molecular formula is C41H22. The Morgan fingerprint density at radius 2 is 1.00 bits per heavy atom. The molecule has 0 saturated carbocycles. The molecule has 0 N–H and O–H groups in total. The highest BCUT2D eigenvalue weighted by Gasteiger charge is 2.20. The van der Waals surface area contributed by atoms with Crippen molar-refractivity contribution in [2.45, 2.75) is 6.42 Å². The summed E-state index contributed by atoms with van der Waals surface area (Å²) in [6, 6.07) is 43.9. The Balaban J connectivity index is 1.28. The van der Waals surface area contributed by atoms with Crippen molar-refractivity contribution in [2.75, 3.05) is 0 Å². The molecule has 0 bridgehead atoms. The molecule has 0 spiro atoms. The third-order valence-electron chi connectivity index (χ3n) is 10.1. The van der Waals surface area contributed by atoms with Crippen LogP contribution in [-0.4, -0.2) is 0 Å². The van der Waals surface area contributed by atoms with E-state index in [-0.39, 0.29) is 0 Å². The summed E-state index contributed by atoms with van der Waals surface area (Å²) in [6.07, 6.45) is 3.35. The fourth-order valence-corrected chi connectivity index (χ4v) is 8.36. The largest absolute Gasteiger partial charge is 0.0619 e. The van der Waals surface area contributed by atoms with Crippen LogP contribution in [-0.2, 0) is 6.42 Å². The lowest BCUT2D eigenvalue weighted by atomic mass is 9.86. The maximum absolute atomic E-state index is 2.47. The van der Waals surface area contributed by atoms with Gasteiger partial charge in [0.25, 0.3) is 0 Å². The van der Waals surface area contributed by atoms with Crippen LogP contribution in [0.1, 0.15) is 16.7 Å². The monoisotopic (exact) mass is 514 g/mol. The Labute approximate surface area is 235 Å². The Kier molecular flexibility index (Phi) is 3.49. The van der Waals surface area contributed by atoms with Crippen molar-refractivity contribution >= 4 is 92.3 Å². The first-order chi connectivity index (χ1) is 20.3. The molecule has 0 aromatic heterocycles. The van der Waals surface area contributed by atoms with E-state index in [1.807, 2.05) is 0 Å². The quantitative estimate of drug-likeness (QED) is 0.139. The SMILES string of the molecule is C1=c2ccc3c(cc4ccc5c6cc7c(cc6c6ccc3c4c56)c3cccc4cccc7c43)c2Cc2ccccc21. The highest BCUT2D eigenvalue weighted by Crippen LogP contribution is 2.48. The average Bonchev–Trinajstić information content (AvgIpc) is 3.51. The molecule has 1 aliphatic carbocycles. The molecule has 0 aliphatic heterocycles. The van der Waals surface area contributed by atoms with E-state index in [1.165, 1.54) is 108 Å². The van der Waals surface area contributed by atoms with E-state index in [0.717, 1.165) is 6.42 Å². The van der Waals surface area contributed by atoms with Crippen LogP contribution in [0.25, 0.3) is 92.3 Å². The second kappa shape index (κ2) is 6.92. The van der Waals surface area contributed by atoms with Crippen molar-refractivity contribution in [3.63, 3.8) is 0 Å². The summed E-state index contributed by atoms with van der Waals surface area (Å²) in [5.74, 6) is 0. The summed E-state index contributed by atoms with van der Waals surface area (Å²) in [7, 11) is 0. The normalized spacial score (nSPS) is 13.5. The van der Waals surface area contributed by atoms with Crippen LogP contribution in [0.15, 0.2) is 115 Å². The first kappa shape index (κ1) is 20.7. The maximum atomic E-state index is 2.47. The molecule has 0 unspecified atom stereocenters. The number of hydrogen-bond donors (Lipinski definition) is 0. The van der Waals surface area contributed by atoms with Crippen molar-refractivity contribution in [3.8, 4) is 0 Å². The highest BCUT2D eigenvalue weighted by molar-refractivity contribution is 6.41.